The van der Waals surface area contributed by atoms with Crippen molar-refractivity contribution in [3.05, 3.63) is 85.6 Å². The molecule has 6 nitrogen and oxygen atoms in total. The summed E-state index contributed by atoms with van der Waals surface area (Å²) >= 11 is 9.73. The lowest BCUT2D eigenvalue weighted by Gasteiger charge is -2.13. The van der Waals surface area contributed by atoms with Crippen LogP contribution in [0.5, 0.6) is 11.5 Å². The number of halogens is 5. The van der Waals surface area contributed by atoms with E-state index >= 15 is 0 Å². The Kier molecular flexibility index (Phi) is 6.86. The summed E-state index contributed by atoms with van der Waals surface area (Å²) in [7, 11) is 2.87. The minimum atomic E-state index is -4.57. The monoisotopic (exact) mass is 565 g/mol. The summed E-state index contributed by atoms with van der Waals surface area (Å²) in [6.45, 7) is 0. The highest BCUT2D eigenvalue weighted by Crippen LogP contribution is 2.41. The van der Waals surface area contributed by atoms with Gasteiger partial charge in [0.1, 0.15) is 5.02 Å². The second-order valence-corrected chi connectivity index (χ2v) is 8.39. The van der Waals surface area contributed by atoms with Gasteiger partial charge in [-0.1, -0.05) is 35.9 Å². The molecule has 0 aliphatic heterocycles. The number of benzene rings is 3. The van der Waals surface area contributed by atoms with E-state index in [1.807, 2.05) is 0 Å². The molecule has 1 heterocycles. The molecular weight excluding hydrogens is 551 g/mol. The number of fused-ring (bicyclic) bond motifs is 1. The van der Waals surface area contributed by atoms with Crippen LogP contribution in [0.2, 0.25) is 5.02 Å². The molecule has 0 spiro atoms. The third-order valence-electron chi connectivity index (χ3n) is 5.09. The average Bonchev–Trinajstić information content (AvgIpc) is 2.85. The van der Waals surface area contributed by atoms with Crippen molar-refractivity contribution < 1.29 is 22.6 Å². The minimum Gasteiger partial charge on any atom is -0.493 e. The van der Waals surface area contributed by atoms with E-state index in [0.29, 0.717) is 27.1 Å². The number of hydrogen-bond donors (Lipinski definition) is 0. The van der Waals surface area contributed by atoms with Crippen LogP contribution in [0.4, 0.5) is 13.2 Å². The van der Waals surface area contributed by atoms with Crippen molar-refractivity contribution in [1.82, 2.24) is 9.66 Å². The highest BCUT2D eigenvalue weighted by molar-refractivity contribution is 9.10. The molecule has 0 atom stereocenters. The van der Waals surface area contributed by atoms with Gasteiger partial charge in [-0.2, -0.15) is 22.9 Å². The number of methoxy groups -OCH3 is 2. The first kappa shape index (κ1) is 24.7. The molecule has 0 fully saturated rings. The molecule has 0 radical (unpaired) electrons. The number of aromatic nitrogens is 2. The van der Waals surface area contributed by atoms with Crippen molar-refractivity contribution in [3.8, 4) is 22.9 Å². The van der Waals surface area contributed by atoms with Crippen LogP contribution < -0.4 is 15.0 Å². The zero-order valence-corrected chi connectivity index (χ0v) is 20.6. The van der Waals surface area contributed by atoms with E-state index in [-0.39, 0.29) is 21.8 Å². The Labute approximate surface area is 210 Å². The van der Waals surface area contributed by atoms with Crippen LogP contribution in [-0.2, 0) is 6.18 Å². The van der Waals surface area contributed by atoms with Crippen LogP contribution in [0.15, 0.2) is 69.0 Å². The van der Waals surface area contributed by atoms with Crippen LogP contribution in [0.25, 0.3) is 22.3 Å². The van der Waals surface area contributed by atoms with Crippen molar-refractivity contribution in [3.63, 3.8) is 0 Å². The fourth-order valence-corrected chi connectivity index (χ4v) is 4.09. The molecule has 35 heavy (non-hydrogen) atoms. The van der Waals surface area contributed by atoms with Crippen LogP contribution in [-0.4, -0.2) is 30.1 Å². The molecule has 0 aliphatic rings. The van der Waals surface area contributed by atoms with Gasteiger partial charge in [0.25, 0.3) is 5.56 Å². The maximum absolute atomic E-state index is 13.3. The number of para-hydroxylation sites is 1. The Morgan fingerprint density at radius 1 is 1.09 bits per heavy atom. The van der Waals surface area contributed by atoms with Gasteiger partial charge in [0, 0.05) is 15.6 Å². The fraction of sp³-hybridized carbons (Fsp3) is 0.125. The quantitative estimate of drug-likeness (QED) is 0.262. The maximum atomic E-state index is 13.3. The smallest absolute Gasteiger partial charge is 0.416 e. The maximum Gasteiger partial charge on any atom is 0.416 e. The van der Waals surface area contributed by atoms with Crippen molar-refractivity contribution in [2.24, 2.45) is 5.10 Å². The lowest BCUT2D eigenvalue weighted by molar-refractivity contribution is -0.137. The Balaban J connectivity index is 1.95. The van der Waals surface area contributed by atoms with Gasteiger partial charge in [-0.25, -0.2) is 4.98 Å². The fourth-order valence-electron chi connectivity index (χ4n) is 3.41. The molecule has 0 saturated carbocycles. The van der Waals surface area contributed by atoms with Crippen molar-refractivity contribution in [2.75, 3.05) is 14.2 Å². The van der Waals surface area contributed by atoms with Gasteiger partial charge in [-0.3, -0.25) is 4.79 Å². The predicted molar refractivity (Wildman–Crippen MR) is 132 cm³/mol. The summed E-state index contributed by atoms with van der Waals surface area (Å²) < 4.78 is 52.0. The van der Waals surface area contributed by atoms with E-state index in [0.717, 1.165) is 16.8 Å². The van der Waals surface area contributed by atoms with Crippen molar-refractivity contribution in [1.29, 1.82) is 0 Å². The average molecular weight is 567 g/mol. The number of alkyl halides is 3. The molecule has 0 saturated heterocycles. The molecule has 1 aromatic heterocycles. The van der Waals surface area contributed by atoms with Crippen LogP contribution in [0.1, 0.15) is 11.1 Å². The topological polar surface area (TPSA) is 65.7 Å². The highest BCUT2D eigenvalue weighted by Gasteiger charge is 2.31. The molecule has 0 aliphatic carbocycles. The molecule has 0 N–H and O–H groups in total. The van der Waals surface area contributed by atoms with Gasteiger partial charge >= 0.3 is 6.18 Å². The third kappa shape index (κ3) is 4.76. The zero-order chi connectivity index (χ0) is 25.3. The van der Waals surface area contributed by atoms with Gasteiger partial charge in [0.05, 0.1) is 36.9 Å². The Bertz CT molecular complexity index is 1520. The second kappa shape index (κ2) is 9.71. The van der Waals surface area contributed by atoms with E-state index < -0.39 is 17.3 Å². The molecule has 180 valence electrons. The van der Waals surface area contributed by atoms with E-state index in [4.69, 9.17) is 21.1 Å². The number of nitrogens with zero attached hydrogens (tertiary/aromatic N) is 3. The number of hydrogen-bond acceptors (Lipinski definition) is 5. The minimum absolute atomic E-state index is 0.0567. The Morgan fingerprint density at radius 2 is 1.83 bits per heavy atom. The molecule has 0 bridgehead atoms. The summed E-state index contributed by atoms with van der Waals surface area (Å²) in [6, 6.07) is 12.6. The Morgan fingerprint density at radius 3 is 2.51 bits per heavy atom. The molecule has 0 amide bonds. The largest absolute Gasteiger partial charge is 0.493 e. The SMILES string of the molecule is COc1cc(C=Nn2c(-c3cccc(C(F)(F)F)c3)nc3ccccc3c2=O)c(Br)c(Cl)c1OC. The summed E-state index contributed by atoms with van der Waals surface area (Å²) in [5, 5.41) is 4.75. The third-order valence-corrected chi connectivity index (χ3v) is 6.54. The lowest BCUT2D eigenvalue weighted by atomic mass is 10.1. The Hall–Kier alpha value is -3.37. The number of ether oxygens (including phenoxy) is 2. The molecular formula is C24H16BrClF3N3O3. The van der Waals surface area contributed by atoms with Crippen LogP contribution >= 0.6 is 27.5 Å². The van der Waals surface area contributed by atoms with Gasteiger partial charge < -0.3 is 9.47 Å². The van der Waals surface area contributed by atoms with Crippen molar-refractivity contribution in [2.45, 2.75) is 6.18 Å². The predicted octanol–water partition coefficient (Wildman–Crippen LogP) is 6.40. The van der Waals surface area contributed by atoms with Gasteiger partial charge in [0.15, 0.2) is 17.3 Å². The van der Waals surface area contributed by atoms with E-state index in [2.05, 4.69) is 26.0 Å². The normalized spacial score (nSPS) is 11.9. The molecule has 11 heteroatoms. The molecule has 0 unspecified atom stereocenters. The van der Waals surface area contributed by atoms with Gasteiger partial charge in [-0.05, 0) is 46.3 Å². The zero-order valence-electron chi connectivity index (χ0n) is 18.2. The molecule has 3 aromatic carbocycles. The van der Waals surface area contributed by atoms with E-state index in [1.54, 1.807) is 30.3 Å². The standard InChI is InChI=1S/C24H16BrClF3N3O3/c1-34-18-11-14(19(25)20(26)21(18)35-2)12-30-32-22(13-6-5-7-15(10-13)24(27,28)29)31-17-9-4-3-8-16(17)23(32)33/h3-12H,1-2H3. The van der Waals surface area contributed by atoms with Crippen molar-refractivity contribution >= 4 is 44.6 Å². The van der Waals surface area contributed by atoms with Crippen LogP contribution in [0.3, 0.4) is 0 Å². The number of rotatable bonds is 5. The first-order chi connectivity index (χ1) is 16.7. The molecule has 4 aromatic rings. The van der Waals surface area contributed by atoms with E-state index in [9.17, 15) is 18.0 Å². The summed E-state index contributed by atoms with van der Waals surface area (Å²) in [5.74, 6) is 0.565. The molecule has 4 rings (SSSR count). The first-order valence-corrected chi connectivity index (χ1v) is 11.2. The summed E-state index contributed by atoms with van der Waals surface area (Å²) in [6.07, 6.45) is -3.24. The lowest BCUT2D eigenvalue weighted by Crippen LogP contribution is -2.20. The summed E-state index contributed by atoms with van der Waals surface area (Å²) in [5.41, 5.74) is -0.594. The van der Waals surface area contributed by atoms with Gasteiger partial charge in [0.2, 0.25) is 0 Å². The van der Waals surface area contributed by atoms with E-state index in [1.165, 1.54) is 32.6 Å². The van der Waals surface area contributed by atoms with Crippen LogP contribution in [0, 0.1) is 0 Å². The first-order valence-electron chi connectivity index (χ1n) is 9.99. The summed E-state index contributed by atoms with van der Waals surface area (Å²) in [4.78, 5) is 17.7. The second-order valence-electron chi connectivity index (χ2n) is 7.22. The highest BCUT2D eigenvalue weighted by atomic mass is 79.9. The van der Waals surface area contributed by atoms with Gasteiger partial charge in [-0.15, -0.1) is 0 Å².